The molecule has 0 aromatic heterocycles. The number of carbonyl (C=O) groups excluding carboxylic acids is 1. The molecule has 4 N–H and O–H groups in total. The lowest BCUT2D eigenvalue weighted by Gasteiger charge is -2.16. The molecule has 0 rings (SSSR count). The number of nitrogens with one attached hydrogen (secondary N) is 1. The summed E-state index contributed by atoms with van der Waals surface area (Å²) in [4.78, 5) is 11.3. The number of amides is 1. The highest BCUT2D eigenvalue weighted by atomic mass is 35.5. The van der Waals surface area contributed by atoms with E-state index < -0.39 is 0 Å². The van der Waals surface area contributed by atoms with Gasteiger partial charge in [0.05, 0.1) is 0 Å². The van der Waals surface area contributed by atoms with Gasteiger partial charge in [0.15, 0.2) is 0 Å². The molecule has 15 heavy (non-hydrogen) atoms. The zero-order valence-electron chi connectivity index (χ0n) is 9.53. The van der Waals surface area contributed by atoms with Gasteiger partial charge in [-0.05, 0) is 12.3 Å². The topological polar surface area (TPSA) is 75.3 Å². The van der Waals surface area contributed by atoms with Gasteiger partial charge in [0.1, 0.15) is 0 Å². The maximum absolute atomic E-state index is 11.3. The zero-order chi connectivity index (χ0) is 11.0. The van der Waals surface area contributed by atoms with Crippen molar-refractivity contribution in [1.29, 1.82) is 0 Å². The van der Waals surface area contributed by atoms with Gasteiger partial charge >= 0.3 is 0 Å². The van der Waals surface area contributed by atoms with Crippen LogP contribution in [0.25, 0.3) is 0 Å². The molecule has 0 radical (unpaired) electrons. The molecule has 0 bridgehead atoms. The number of carbonyl (C=O) groups is 1. The fourth-order valence-corrected chi connectivity index (χ4v) is 1.16. The highest BCUT2D eigenvalue weighted by molar-refractivity contribution is 5.85. The van der Waals surface area contributed by atoms with E-state index in [1.54, 1.807) is 0 Å². The van der Waals surface area contributed by atoms with E-state index in [1.807, 2.05) is 6.92 Å². The van der Waals surface area contributed by atoms with Gasteiger partial charge in [0.2, 0.25) is 5.91 Å². The second-order valence-corrected chi connectivity index (χ2v) is 3.67. The van der Waals surface area contributed by atoms with Crippen LogP contribution in [0.1, 0.15) is 26.7 Å². The Morgan fingerprint density at radius 3 is 2.53 bits per heavy atom. The number of aliphatic hydroxyl groups is 1. The Labute approximate surface area is 98.0 Å². The van der Waals surface area contributed by atoms with Gasteiger partial charge in [-0.3, -0.25) is 4.79 Å². The van der Waals surface area contributed by atoms with E-state index in [9.17, 15) is 4.79 Å². The first-order valence-electron chi connectivity index (χ1n) is 5.24. The van der Waals surface area contributed by atoms with Gasteiger partial charge in [-0.2, -0.15) is 0 Å². The highest BCUT2D eigenvalue weighted by Crippen LogP contribution is 2.05. The van der Waals surface area contributed by atoms with Crippen LogP contribution in [0.3, 0.4) is 0 Å². The van der Waals surface area contributed by atoms with Crippen molar-refractivity contribution >= 4 is 18.3 Å². The van der Waals surface area contributed by atoms with E-state index in [-0.39, 0.29) is 30.8 Å². The molecule has 0 aliphatic heterocycles. The van der Waals surface area contributed by atoms with Crippen molar-refractivity contribution in [2.24, 2.45) is 17.6 Å². The van der Waals surface area contributed by atoms with Crippen LogP contribution >= 0.6 is 12.4 Å². The number of hydrogen-bond donors (Lipinski definition) is 3. The summed E-state index contributed by atoms with van der Waals surface area (Å²) in [5.41, 5.74) is 5.37. The summed E-state index contributed by atoms with van der Waals surface area (Å²) in [7, 11) is 0. The summed E-state index contributed by atoms with van der Waals surface area (Å²) in [6.45, 7) is 5.06. The summed E-state index contributed by atoms with van der Waals surface area (Å²) in [6.07, 6.45) is 1.71. The molecule has 92 valence electrons. The van der Waals surface area contributed by atoms with Gasteiger partial charge in [0, 0.05) is 25.6 Å². The Hall–Kier alpha value is -0.320. The van der Waals surface area contributed by atoms with Gasteiger partial charge in [-0.1, -0.05) is 20.3 Å². The molecule has 0 aromatic carbocycles. The normalized spacial score (nSPS) is 13.9. The summed E-state index contributed by atoms with van der Waals surface area (Å²) >= 11 is 0. The average Bonchev–Trinajstić information content (AvgIpc) is 2.22. The Bertz CT molecular complexity index is 168. The molecule has 1 amide bonds. The van der Waals surface area contributed by atoms with Crippen LogP contribution in [0.4, 0.5) is 0 Å². The molecule has 0 fully saturated rings. The van der Waals surface area contributed by atoms with Crippen LogP contribution in [0.15, 0.2) is 0 Å². The molecule has 4 nitrogen and oxygen atoms in total. The Morgan fingerprint density at radius 1 is 1.53 bits per heavy atom. The molecule has 2 unspecified atom stereocenters. The fraction of sp³-hybridized carbons (Fsp3) is 0.900. The average molecular weight is 239 g/mol. The quantitative estimate of drug-likeness (QED) is 0.606. The zero-order valence-corrected chi connectivity index (χ0v) is 10.3. The molecular formula is C10H23ClN2O2. The summed E-state index contributed by atoms with van der Waals surface area (Å²) in [5, 5.41) is 11.6. The predicted octanol–water partition coefficient (Wildman–Crippen LogP) is 0.528. The van der Waals surface area contributed by atoms with E-state index in [4.69, 9.17) is 10.8 Å². The number of halogens is 1. The minimum Gasteiger partial charge on any atom is -0.396 e. The van der Waals surface area contributed by atoms with Crippen LogP contribution in [0.5, 0.6) is 0 Å². The molecule has 0 heterocycles. The van der Waals surface area contributed by atoms with E-state index in [0.717, 1.165) is 12.8 Å². The fourth-order valence-electron chi connectivity index (χ4n) is 1.16. The van der Waals surface area contributed by atoms with E-state index in [1.165, 1.54) is 0 Å². The van der Waals surface area contributed by atoms with Gasteiger partial charge in [-0.15, -0.1) is 12.4 Å². The molecule has 0 aliphatic rings. The number of aliphatic hydroxyl groups excluding tert-OH is 1. The van der Waals surface area contributed by atoms with Gasteiger partial charge in [0.25, 0.3) is 0 Å². The van der Waals surface area contributed by atoms with Crippen molar-refractivity contribution in [3.63, 3.8) is 0 Å². The second kappa shape index (κ2) is 10.2. The Morgan fingerprint density at radius 2 is 2.13 bits per heavy atom. The Kier molecular flexibility index (Phi) is 11.6. The standard InChI is InChI=1S/C10H22N2O2.ClH/c1-3-9(4-5-13)7-12-10(14)8(2)6-11;/h8-9,13H,3-7,11H2,1-2H3,(H,12,14);1H. The van der Waals surface area contributed by atoms with Crippen molar-refractivity contribution in [2.45, 2.75) is 26.7 Å². The van der Waals surface area contributed by atoms with Crippen molar-refractivity contribution in [1.82, 2.24) is 5.32 Å². The Balaban J connectivity index is 0. The maximum atomic E-state index is 11.3. The van der Waals surface area contributed by atoms with Crippen LogP contribution in [-0.4, -0.2) is 30.7 Å². The van der Waals surface area contributed by atoms with Crippen LogP contribution < -0.4 is 11.1 Å². The molecule has 0 aliphatic carbocycles. The monoisotopic (exact) mass is 238 g/mol. The van der Waals surface area contributed by atoms with Crippen LogP contribution in [0.2, 0.25) is 0 Å². The molecule has 0 saturated heterocycles. The SMILES string of the molecule is CCC(CCO)CNC(=O)C(C)CN.Cl. The van der Waals surface area contributed by atoms with Crippen molar-refractivity contribution < 1.29 is 9.90 Å². The lowest BCUT2D eigenvalue weighted by Crippen LogP contribution is -2.36. The smallest absolute Gasteiger partial charge is 0.224 e. The van der Waals surface area contributed by atoms with Gasteiger partial charge in [-0.25, -0.2) is 0 Å². The summed E-state index contributed by atoms with van der Waals surface area (Å²) in [6, 6.07) is 0. The summed E-state index contributed by atoms with van der Waals surface area (Å²) in [5.74, 6) is 0.249. The minimum atomic E-state index is -0.123. The lowest BCUT2D eigenvalue weighted by atomic mass is 10.0. The summed E-state index contributed by atoms with van der Waals surface area (Å²) < 4.78 is 0. The minimum absolute atomic E-state index is 0. The van der Waals surface area contributed by atoms with Crippen molar-refractivity contribution in [2.75, 3.05) is 19.7 Å². The molecule has 0 saturated carbocycles. The number of hydrogen-bond acceptors (Lipinski definition) is 3. The third-order valence-electron chi connectivity index (χ3n) is 2.48. The van der Waals surface area contributed by atoms with E-state index in [2.05, 4.69) is 12.2 Å². The van der Waals surface area contributed by atoms with Crippen molar-refractivity contribution in [3.8, 4) is 0 Å². The first-order chi connectivity index (χ1) is 6.65. The largest absolute Gasteiger partial charge is 0.396 e. The maximum Gasteiger partial charge on any atom is 0.224 e. The first kappa shape index (κ1) is 17.1. The number of nitrogens with two attached hydrogens (primary N) is 1. The lowest BCUT2D eigenvalue weighted by molar-refractivity contribution is -0.124. The third kappa shape index (κ3) is 7.59. The highest BCUT2D eigenvalue weighted by Gasteiger charge is 2.12. The molecule has 2 atom stereocenters. The van der Waals surface area contributed by atoms with Crippen LogP contribution in [-0.2, 0) is 4.79 Å². The van der Waals surface area contributed by atoms with E-state index in [0.29, 0.717) is 19.0 Å². The van der Waals surface area contributed by atoms with Crippen molar-refractivity contribution in [3.05, 3.63) is 0 Å². The predicted molar refractivity (Wildman–Crippen MR) is 64.0 cm³/mol. The third-order valence-corrected chi connectivity index (χ3v) is 2.48. The molecule has 0 spiro atoms. The first-order valence-corrected chi connectivity index (χ1v) is 5.24. The molecular weight excluding hydrogens is 216 g/mol. The van der Waals surface area contributed by atoms with E-state index >= 15 is 0 Å². The molecule has 5 heteroatoms. The molecule has 0 aromatic rings. The second-order valence-electron chi connectivity index (χ2n) is 3.67. The number of rotatable bonds is 7. The van der Waals surface area contributed by atoms with Crippen LogP contribution in [0, 0.1) is 11.8 Å². The van der Waals surface area contributed by atoms with Gasteiger partial charge < -0.3 is 16.2 Å².